The Bertz CT molecular complexity index is 717. The van der Waals surface area contributed by atoms with Crippen LogP contribution >= 0.6 is 21.6 Å². The lowest BCUT2D eigenvalue weighted by atomic mass is 9.92. The molecule has 0 saturated carbocycles. The number of rotatable bonds is 2. The fourth-order valence-electron chi connectivity index (χ4n) is 3.58. The van der Waals surface area contributed by atoms with Gasteiger partial charge in [-0.1, -0.05) is 54.9 Å². The quantitative estimate of drug-likeness (QED) is 0.308. The fourth-order valence-corrected chi connectivity index (χ4v) is 5.73. The minimum atomic E-state index is -1.16. The highest BCUT2D eigenvalue weighted by atomic mass is 33.1. The van der Waals surface area contributed by atoms with Gasteiger partial charge >= 0.3 is 5.97 Å². The molecule has 2 aliphatic rings. The lowest BCUT2D eigenvalue weighted by Crippen LogP contribution is -2.56. The summed E-state index contributed by atoms with van der Waals surface area (Å²) in [5.41, 5.74) is 0. The zero-order valence-corrected chi connectivity index (χ0v) is 20.5. The van der Waals surface area contributed by atoms with Gasteiger partial charge in [-0.2, -0.15) is 0 Å². The summed E-state index contributed by atoms with van der Waals surface area (Å²) in [6, 6.07) is -1.50. The van der Waals surface area contributed by atoms with Crippen LogP contribution < -0.4 is 10.6 Å². The first-order valence-corrected chi connectivity index (χ1v) is 13.6. The molecule has 0 aromatic rings. The van der Waals surface area contributed by atoms with Gasteiger partial charge in [0.15, 0.2) is 0 Å². The van der Waals surface area contributed by atoms with E-state index in [0.29, 0.717) is 18.6 Å². The van der Waals surface area contributed by atoms with E-state index in [0.717, 1.165) is 5.75 Å². The van der Waals surface area contributed by atoms with Gasteiger partial charge in [-0.05, 0) is 18.4 Å². The van der Waals surface area contributed by atoms with Crippen LogP contribution in [0.5, 0.6) is 0 Å². The van der Waals surface area contributed by atoms with E-state index in [1.807, 2.05) is 19.9 Å². The largest absolute Gasteiger partial charge is 0.458 e. The molecule has 8 nitrogen and oxygen atoms in total. The van der Waals surface area contributed by atoms with Crippen LogP contribution in [0.2, 0.25) is 0 Å². The van der Waals surface area contributed by atoms with Crippen molar-refractivity contribution in [3.8, 4) is 0 Å². The Morgan fingerprint density at radius 1 is 1.12 bits per heavy atom. The zero-order chi connectivity index (χ0) is 23.7. The lowest BCUT2D eigenvalue weighted by molar-refractivity contribution is -0.151. The smallest absolute Gasteiger partial charge is 0.309 e. The van der Waals surface area contributed by atoms with Crippen LogP contribution in [0.25, 0.3) is 0 Å². The molecule has 10 heteroatoms. The van der Waals surface area contributed by atoms with E-state index in [9.17, 15) is 24.3 Å². The second kappa shape index (κ2) is 13.3. The molecule has 2 amide bonds. The van der Waals surface area contributed by atoms with Crippen molar-refractivity contribution < 1.29 is 29.0 Å². The van der Waals surface area contributed by atoms with Crippen LogP contribution in [-0.4, -0.2) is 64.5 Å². The summed E-state index contributed by atoms with van der Waals surface area (Å²) in [5, 5.41) is 16.4. The molecule has 3 N–H and O–H groups in total. The molecule has 0 aliphatic carbocycles. The van der Waals surface area contributed by atoms with Crippen molar-refractivity contribution >= 4 is 45.2 Å². The van der Waals surface area contributed by atoms with Gasteiger partial charge in [0.1, 0.15) is 17.9 Å². The standard InChI is InChI=1S/C22H34N2O6S2/c1-4-13(2)20-18(26)11-19(27)30-16-7-5-6-8-31-32-12-17(22(29)24-20)23-21(28)14(3)9-15(25)10-16/h5,7,13-14,16-18,20,26H,4,6,8-12H2,1-3H3,(H,23,28)(H,24,29)/b7-5+/t13-,14-,16?,17?,18-,20?/m0/s1. The maximum atomic E-state index is 13.1. The van der Waals surface area contributed by atoms with E-state index in [-0.39, 0.29) is 36.9 Å². The number of aliphatic hydroxyl groups is 1. The number of hydrogen-bond acceptors (Lipinski definition) is 8. The number of carbonyl (C=O) groups excluding carboxylic acids is 4. The summed E-state index contributed by atoms with van der Waals surface area (Å²) in [4.78, 5) is 50.9. The molecule has 2 heterocycles. The first kappa shape index (κ1) is 26.7. The van der Waals surface area contributed by atoms with Crippen LogP contribution in [0.1, 0.15) is 52.9 Å². The Morgan fingerprint density at radius 2 is 1.88 bits per heavy atom. The third-order valence-electron chi connectivity index (χ3n) is 5.72. The van der Waals surface area contributed by atoms with Gasteiger partial charge in [-0.3, -0.25) is 19.2 Å². The molecule has 0 spiro atoms. The van der Waals surface area contributed by atoms with Crippen molar-refractivity contribution in [1.82, 2.24) is 10.6 Å². The Labute approximate surface area is 197 Å². The first-order valence-electron chi connectivity index (χ1n) is 11.1. The molecule has 0 aromatic carbocycles. The average molecular weight is 487 g/mol. The number of fused-ring (bicyclic) bond motifs is 7. The third kappa shape index (κ3) is 8.44. The average Bonchev–Trinajstić information content (AvgIpc) is 2.73. The SMILES string of the molecule is CC[C@H](C)C1NC(=O)C2CSSCC/C=C/C(CC(=O)C[C@H](C)C(=O)N2)OC(=O)C[C@@H]1O. The van der Waals surface area contributed by atoms with E-state index in [1.165, 1.54) is 10.8 Å². The third-order valence-corrected chi connectivity index (χ3v) is 8.17. The minimum Gasteiger partial charge on any atom is -0.458 e. The van der Waals surface area contributed by atoms with Crippen LogP contribution in [0, 0.1) is 11.8 Å². The molecule has 3 unspecified atom stereocenters. The van der Waals surface area contributed by atoms with Gasteiger partial charge in [0, 0.05) is 30.3 Å². The van der Waals surface area contributed by atoms with Crippen molar-refractivity contribution in [1.29, 1.82) is 0 Å². The van der Waals surface area contributed by atoms with Crippen LogP contribution in [0.3, 0.4) is 0 Å². The number of carbonyl (C=O) groups is 4. The molecule has 32 heavy (non-hydrogen) atoms. The normalized spacial score (nSPS) is 33.6. The Balaban J connectivity index is 2.43. The summed E-state index contributed by atoms with van der Waals surface area (Å²) in [5.74, 6) is -1.24. The van der Waals surface area contributed by atoms with Gasteiger partial charge < -0.3 is 20.5 Å². The predicted molar refractivity (Wildman–Crippen MR) is 126 cm³/mol. The van der Waals surface area contributed by atoms with Gasteiger partial charge in [-0.25, -0.2) is 0 Å². The van der Waals surface area contributed by atoms with E-state index in [1.54, 1.807) is 23.8 Å². The molecule has 6 atom stereocenters. The monoisotopic (exact) mass is 486 g/mol. The molecule has 1 fully saturated rings. The predicted octanol–water partition coefficient (Wildman–Crippen LogP) is 2.01. The number of ether oxygens (including phenoxy) is 1. The van der Waals surface area contributed by atoms with E-state index in [2.05, 4.69) is 10.6 Å². The van der Waals surface area contributed by atoms with Crippen molar-refractivity contribution in [3.63, 3.8) is 0 Å². The fraction of sp³-hybridized carbons (Fsp3) is 0.727. The Morgan fingerprint density at radius 3 is 2.59 bits per heavy atom. The van der Waals surface area contributed by atoms with E-state index < -0.39 is 42.1 Å². The summed E-state index contributed by atoms with van der Waals surface area (Å²) in [7, 11) is 3.07. The summed E-state index contributed by atoms with van der Waals surface area (Å²) < 4.78 is 5.50. The van der Waals surface area contributed by atoms with Gasteiger partial charge in [0.05, 0.1) is 18.6 Å². The van der Waals surface area contributed by atoms with Gasteiger partial charge in [-0.15, -0.1) is 0 Å². The number of Topliss-reactive ketones (excluding diaryl/α,β-unsaturated/α-hetero) is 1. The molecule has 0 aromatic heterocycles. The topological polar surface area (TPSA) is 122 Å². The van der Waals surface area contributed by atoms with Crippen molar-refractivity contribution in [2.24, 2.45) is 11.8 Å². The number of amides is 2. The van der Waals surface area contributed by atoms with Crippen LogP contribution in [-0.2, 0) is 23.9 Å². The molecular formula is C22H34N2O6S2. The summed E-state index contributed by atoms with van der Waals surface area (Å²) in [6.45, 7) is 5.46. The van der Waals surface area contributed by atoms with Crippen LogP contribution in [0.15, 0.2) is 12.2 Å². The highest BCUT2D eigenvalue weighted by molar-refractivity contribution is 8.76. The zero-order valence-electron chi connectivity index (χ0n) is 18.9. The van der Waals surface area contributed by atoms with Gasteiger partial charge in [0.2, 0.25) is 11.8 Å². The van der Waals surface area contributed by atoms with Crippen molar-refractivity contribution in [2.75, 3.05) is 11.5 Å². The van der Waals surface area contributed by atoms with Crippen LogP contribution in [0.4, 0.5) is 0 Å². The molecule has 1 saturated heterocycles. The molecular weight excluding hydrogens is 452 g/mol. The highest BCUT2D eigenvalue weighted by Gasteiger charge is 2.33. The molecule has 180 valence electrons. The maximum Gasteiger partial charge on any atom is 0.309 e. The Hall–Kier alpha value is -1.52. The Kier molecular flexibility index (Phi) is 11.1. The van der Waals surface area contributed by atoms with Crippen molar-refractivity contribution in [3.05, 3.63) is 12.2 Å². The van der Waals surface area contributed by atoms with Gasteiger partial charge in [0.25, 0.3) is 0 Å². The maximum absolute atomic E-state index is 13.1. The molecule has 2 bridgehead atoms. The number of allylic oxidation sites excluding steroid dienone is 1. The molecule has 2 rings (SSSR count). The first-order chi connectivity index (χ1) is 15.2. The molecule has 2 aliphatic heterocycles. The number of nitrogens with one attached hydrogen (secondary N) is 2. The number of esters is 1. The molecule has 0 radical (unpaired) electrons. The number of ketones is 1. The van der Waals surface area contributed by atoms with Crippen molar-refractivity contribution in [2.45, 2.75) is 77.2 Å². The second-order valence-corrected chi connectivity index (χ2v) is 11.1. The summed E-state index contributed by atoms with van der Waals surface area (Å²) in [6.07, 6.45) is 2.71. The van der Waals surface area contributed by atoms with E-state index in [4.69, 9.17) is 4.74 Å². The number of aliphatic hydroxyl groups excluding tert-OH is 1. The number of hydrogen-bond donors (Lipinski definition) is 3. The second-order valence-electron chi connectivity index (χ2n) is 8.45. The lowest BCUT2D eigenvalue weighted by Gasteiger charge is -2.30. The summed E-state index contributed by atoms with van der Waals surface area (Å²) >= 11 is 0. The minimum absolute atomic E-state index is 0.0118. The van der Waals surface area contributed by atoms with E-state index >= 15 is 0 Å². The highest BCUT2D eigenvalue weighted by Crippen LogP contribution is 2.24.